The second-order valence-corrected chi connectivity index (χ2v) is 8.76. The van der Waals surface area contributed by atoms with Crippen molar-refractivity contribution < 1.29 is 13.2 Å². The smallest absolute Gasteiger partial charge is 0.240 e. The molecule has 1 atom stereocenters. The molecular weight excluding hydrogens is 338 g/mol. The van der Waals surface area contributed by atoms with Crippen LogP contribution in [0.5, 0.6) is 0 Å². The average Bonchev–Trinajstić information content (AvgIpc) is 3.10. The first-order valence-corrected chi connectivity index (χ1v) is 10.6. The number of ether oxygens (including phenoxy) is 1. The van der Waals surface area contributed by atoms with Gasteiger partial charge in [0, 0.05) is 52.4 Å². The average molecular weight is 368 g/mol. The maximum atomic E-state index is 12.3. The number of nitrogens with zero attached hydrogens (tertiary/aromatic N) is 2. The Kier molecular flexibility index (Phi) is 6.46. The van der Waals surface area contributed by atoms with Crippen LogP contribution in [-0.4, -0.2) is 76.7 Å². The number of hydrogen-bond acceptors (Lipinski definition) is 5. The summed E-state index contributed by atoms with van der Waals surface area (Å²) >= 11 is 0. The van der Waals surface area contributed by atoms with E-state index >= 15 is 0 Å². The molecule has 0 aliphatic carbocycles. The van der Waals surface area contributed by atoms with E-state index in [1.807, 2.05) is 19.1 Å². The van der Waals surface area contributed by atoms with Gasteiger partial charge in [0.15, 0.2) is 0 Å². The van der Waals surface area contributed by atoms with Crippen LogP contribution < -0.4 is 4.72 Å². The minimum Gasteiger partial charge on any atom is -0.377 e. The van der Waals surface area contributed by atoms with Crippen LogP contribution in [0, 0.1) is 6.92 Å². The molecule has 0 bridgehead atoms. The second kappa shape index (κ2) is 8.60. The number of rotatable bonds is 7. The molecule has 3 rings (SSSR count). The predicted molar refractivity (Wildman–Crippen MR) is 98.2 cm³/mol. The summed E-state index contributed by atoms with van der Waals surface area (Å²) in [6.45, 7) is 9.12. The molecule has 0 unspecified atom stereocenters. The molecule has 0 spiro atoms. The molecule has 1 aromatic rings. The van der Waals surface area contributed by atoms with Gasteiger partial charge >= 0.3 is 0 Å². The first-order chi connectivity index (χ1) is 12.0. The molecule has 6 nitrogen and oxygen atoms in total. The van der Waals surface area contributed by atoms with Gasteiger partial charge in [0.2, 0.25) is 10.0 Å². The summed E-state index contributed by atoms with van der Waals surface area (Å²) in [5.74, 6) is 0. The van der Waals surface area contributed by atoms with Crippen LogP contribution in [0.25, 0.3) is 0 Å². The number of piperazine rings is 1. The van der Waals surface area contributed by atoms with Crippen LogP contribution in [0.1, 0.15) is 18.4 Å². The lowest BCUT2D eigenvalue weighted by atomic mass is 10.2. The molecule has 0 radical (unpaired) electrons. The Morgan fingerprint density at radius 3 is 2.44 bits per heavy atom. The SMILES string of the molecule is Cc1ccc(S(=O)(=O)NCCN2CCN(C[C@@H]3CCCO3)CC2)cc1. The van der Waals surface area contributed by atoms with E-state index in [1.165, 1.54) is 12.8 Å². The Bertz CT molecular complexity index is 634. The standard InChI is InChI=1S/C18H29N3O3S/c1-16-4-6-18(7-5-16)25(22,23)19-8-9-20-10-12-21(13-11-20)15-17-3-2-14-24-17/h4-7,17,19H,2-3,8-15H2,1H3/t17-/m0/s1. The highest BCUT2D eigenvalue weighted by Gasteiger charge is 2.23. The summed E-state index contributed by atoms with van der Waals surface area (Å²) in [7, 11) is -3.41. The van der Waals surface area contributed by atoms with Crippen LogP contribution in [-0.2, 0) is 14.8 Å². The van der Waals surface area contributed by atoms with Crippen molar-refractivity contribution >= 4 is 10.0 Å². The van der Waals surface area contributed by atoms with Crippen molar-refractivity contribution in [1.82, 2.24) is 14.5 Å². The third-order valence-electron chi connectivity index (χ3n) is 5.00. The molecule has 2 fully saturated rings. The molecule has 1 aromatic carbocycles. The molecule has 2 heterocycles. The van der Waals surface area contributed by atoms with Gasteiger partial charge in [0.05, 0.1) is 11.0 Å². The maximum Gasteiger partial charge on any atom is 0.240 e. The summed E-state index contributed by atoms with van der Waals surface area (Å²) in [4.78, 5) is 5.12. The van der Waals surface area contributed by atoms with Gasteiger partial charge in [-0.2, -0.15) is 0 Å². The highest BCUT2D eigenvalue weighted by molar-refractivity contribution is 7.89. The van der Waals surface area contributed by atoms with Crippen LogP contribution in [0.15, 0.2) is 29.2 Å². The van der Waals surface area contributed by atoms with E-state index in [1.54, 1.807) is 12.1 Å². The summed E-state index contributed by atoms with van der Waals surface area (Å²) in [5, 5.41) is 0. The minimum absolute atomic E-state index is 0.333. The number of benzene rings is 1. The fourth-order valence-electron chi connectivity index (χ4n) is 3.41. The fourth-order valence-corrected chi connectivity index (χ4v) is 4.43. The Morgan fingerprint density at radius 2 is 1.80 bits per heavy atom. The van der Waals surface area contributed by atoms with Crippen LogP contribution in [0.2, 0.25) is 0 Å². The van der Waals surface area contributed by atoms with Gasteiger partial charge in [-0.05, 0) is 31.9 Å². The Labute approximate surface area is 151 Å². The minimum atomic E-state index is -3.41. The second-order valence-electron chi connectivity index (χ2n) is 6.99. The van der Waals surface area contributed by atoms with Gasteiger partial charge in [0.25, 0.3) is 0 Å². The maximum absolute atomic E-state index is 12.3. The van der Waals surface area contributed by atoms with Gasteiger partial charge in [0.1, 0.15) is 0 Å². The summed E-state index contributed by atoms with van der Waals surface area (Å²) in [6.07, 6.45) is 2.78. The topological polar surface area (TPSA) is 61.9 Å². The molecule has 25 heavy (non-hydrogen) atoms. The van der Waals surface area contributed by atoms with E-state index in [4.69, 9.17) is 4.74 Å². The first-order valence-electron chi connectivity index (χ1n) is 9.15. The quantitative estimate of drug-likeness (QED) is 0.781. The first kappa shape index (κ1) is 18.8. The highest BCUT2D eigenvalue weighted by atomic mass is 32.2. The zero-order valence-electron chi connectivity index (χ0n) is 15.0. The highest BCUT2D eigenvalue weighted by Crippen LogP contribution is 2.14. The molecular formula is C18H29N3O3S. The van der Waals surface area contributed by atoms with Crippen molar-refractivity contribution in [2.75, 3.05) is 52.4 Å². The van der Waals surface area contributed by atoms with E-state index in [9.17, 15) is 8.42 Å². The van der Waals surface area contributed by atoms with E-state index < -0.39 is 10.0 Å². The Morgan fingerprint density at radius 1 is 1.12 bits per heavy atom. The summed E-state index contributed by atoms with van der Waals surface area (Å²) in [6, 6.07) is 6.95. The van der Waals surface area contributed by atoms with E-state index in [0.29, 0.717) is 17.5 Å². The zero-order valence-corrected chi connectivity index (χ0v) is 15.8. The van der Waals surface area contributed by atoms with Crippen molar-refractivity contribution in [2.45, 2.75) is 30.8 Å². The zero-order chi connectivity index (χ0) is 17.7. The molecule has 7 heteroatoms. The molecule has 2 aliphatic heterocycles. The summed E-state index contributed by atoms with van der Waals surface area (Å²) in [5.41, 5.74) is 1.06. The van der Waals surface area contributed by atoms with E-state index in [2.05, 4.69) is 14.5 Å². The molecule has 140 valence electrons. The molecule has 0 saturated carbocycles. The summed E-state index contributed by atoms with van der Waals surface area (Å²) < 4.78 is 33.0. The predicted octanol–water partition coefficient (Wildman–Crippen LogP) is 1.07. The van der Waals surface area contributed by atoms with Crippen LogP contribution in [0.3, 0.4) is 0 Å². The van der Waals surface area contributed by atoms with Crippen molar-refractivity contribution in [3.8, 4) is 0 Å². The lowest BCUT2D eigenvalue weighted by Gasteiger charge is -2.35. The molecule has 0 aromatic heterocycles. The lowest BCUT2D eigenvalue weighted by molar-refractivity contribution is 0.0509. The van der Waals surface area contributed by atoms with Crippen LogP contribution in [0.4, 0.5) is 0 Å². The Balaban J connectivity index is 1.37. The normalized spacial score (nSPS) is 23.2. The third-order valence-corrected chi connectivity index (χ3v) is 6.48. The number of hydrogen-bond donors (Lipinski definition) is 1. The van der Waals surface area contributed by atoms with E-state index in [0.717, 1.165) is 51.4 Å². The van der Waals surface area contributed by atoms with Gasteiger partial charge in [-0.15, -0.1) is 0 Å². The molecule has 0 amide bonds. The van der Waals surface area contributed by atoms with Crippen LogP contribution >= 0.6 is 0 Å². The van der Waals surface area contributed by atoms with Gasteiger partial charge in [-0.25, -0.2) is 13.1 Å². The lowest BCUT2D eigenvalue weighted by Crippen LogP contribution is -2.50. The molecule has 2 aliphatic rings. The monoisotopic (exact) mass is 367 g/mol. The van der Waals surface area contributed by atoms with Gasteiger partial charge in [-0.1, -0.05) is 17.7 Å². The van der Waals surface area contributed by atoms with Crippen molar-refractivity contribution in [2.24, 2.45) is 0 Å². The molecule has 1 N–H and O–H groups in total. The van der Waals surface area contributed by atoms with Crippen molar-refractivity contribution in [3.05, 3.63) is 29.8 Å². The fraction of sp³-hybridized carbons (Fsp3) is 0.667. The van der Waals surface area contributed by atoms with Gasteiger partial charge in [-0.3, -0.25) is 9.80 Å². The number of nitrogens with one attached hydrogen (secondary N) is 1. The van der Waals surface area contributed by atoms with E-state index in [-0.39, 0.29) is 0 Å². The number of sulfonamides is 1. The molecule has 2 saturated heterocycles. The number of aryl methyl sites for hydroxylation is 1. The largest absolute Gasteiger partial charge is 0.377 e. The van der Waals surface area contributed by atoms with Crippen molar-refractivity contribution in [3.63, 3.8) is 0 Å². The third kappa shape index (κ3) is 5.49. The van der Waals surface area contributed by atoms with Gasteiger partial charge < -0.3 is 4.74 Å². The van der Waals surface area contributed by atoms with Crippen molar-refractivity contribution in [1.29, 1.82) is 0 Å². The Hall–Kier alpha value is -0.990.